The molecule has 0 atom stereocenters. The first kappa shape index (κ1) is 14.5. The zero-order valence-corrected chi connectivity index (χ0v) is 11.5. The Morgan fingerprint density at radius 2 is 2.17 bits per heavy atom. The van der Waals surface area contributed by atoms with Crippen LogP contribution in [0.2, 0.25) is 0 Å². The minimum atomic E-state index is -1.08. The lowest BCUT2D eigenvalue weighted by Gasteiger charge is -2.08. The number of carbonyl (C=O) groups excluding carboxylic acids is 1. The molecule has 0 aliphatic rings. The van der Waals surface area contributed by atoms with Gasteiger partial charge in [-0.1, -0.05) is 5.92 Å². The van der Waals surface area contributed by atoms with E-state index in [1.165, 1.54) is 6.07 Å². The summed E-state index contributed by atoms with van der Waals surface area (Å²) >= 11 is 2.01. The monoisotopic (exact) mass is 358 g/mol. The van der Waals surface area contributed by atoms with Crippen molar-refractivity contribution in [1.29, 1.82) is 0 Å². The Kier molecular flexibility index (Phi) is 5.61. The van der Waals surface area contributed by atoms with E-state index in [1.54, 1.807) is 12.1 Å². The van der Waals surface area contributed by atoms with Gasteiger partial charge in [0.25, 0.3) is 0 Å². The number of halogens is 1. The Morgan fingerprint density at radius 3 is 2.78 bits per heavy atom. The van der Waals surface area contributed by atoms with Gasteiger partial charge in [-0.05, 0) is 40.8 Å². The first-order chi connectivity index (χ1) is 8.54. The highest BCUT2D eigenvalue weighted by Crippen LogP contribution is 2.18. The summed E-state index contributed by atoms with van der Waals surface area (Å²) in [6.07, 6.45) is 5.03. The molecule has 1 aromatic carbocycles. The minimum Gasteiger partial charge on any atom is -0.478 e. The van der Waals surface area contributed by atoms with Crippen LogP contribution >= 0.6 is 22.6 Å². The van der Waals surface area contributed by atoms with E-state index in [1.807, 2.05) is 22.6 Å². The molecule has 18 heavy (non-hydrogen) atoms. The summed E-state index contributed by atoms with van der Waals surface area (Å²) in [5.74, 6) is 0.916. The summed E-state index contributed by atoms with van der Waals surface area (Å²) in [6.45, 7) is 0.321. The molecule has 5 nitrogen and oxygen atoms in total. The summed E-state index contributed by atoms with van der Waals surface area (Å²) in [5.41, 5.74) is 0.336. The van der Waals surface area contributed by atoms with Crippen LogP contribution in [0.15, 0.2) is 18.2 Å². The van der Waals surface area contributed by atoms with Crippen molar-refractivity contribution in [2.75, 3.05) is 18.4 Å². The Hall–Kier alpha value is -1.59. The fourth-order valence-electron chi connectivity index (χ4n) is 1.25. The largest absolute Gasteiger partial charge is 0.478 e. The number of terminal acetylenes is 1. The normalized spacial score (nSPS) is 9.56. The first-order valence-corrected chi connectivity index (χ1v) is 6.09. The molecule has 6 heteroatoms. The number of carboxylic acid groups (broad SMARTS) is 1. The van der Waals surface area contributed by atoms with Crippen LogP contribution in [0.4, 0.5) is 5.69 Å². The Morgan fingerprint density at radius 1 is 1.44 bits per heavy atom. The number of benzene rings is 1. The lowest BCUT2D eigenvalue weighted by molar-refractivity contribution is -0.115. The van der Waals surface area contributed by atoms with E-state index in [9.17, 15) is 9.59 Å². The molecule has 0 aliphatic heterocycles. The van der Waals surface area contributed by atoms with Crippen molar-refractivity contribution in [3.63, 3.8) is 0 Å². The minimum absolute atomic E-state index is 0.0369. The van der Waals surface area contributed by atoms with Gasteiger partial charge < -0.3 is 10.4 Å². The van der Waals surface area contributed by atoms with Crippen LogP contribution in [0.5, 0.6) is 0 Å². The van der Waals surface area contributed by atoms with Crippen LogP contribution in [0.25, 0.3) is 0 Å². The third kappa shape index (κ3) is 4.35. The van der Waals surface area contributed by atoms with Gasteiger partial charge in [0.15, 0.2) is 0 Å². The fourth-order valence-corrected chi connectivity index (χ4v) is 1.74. The van der Waals surface area contributed by atoms with Crippen molar-refractivity contribution >= 4 is 40.2 Å². The van der Waals surface area contributed by atoms with Crippen LogP contribution in [-0.2, 0) is 4.79 Å². The molecule has 0 fully saturated rings. The SMILES string of the molecule is C#CCNCC(=O)Nc1ccc(I)cc1C(=O)O. The van der Waals surface area contributed by atoms with Gasteiger partial charge >= 0.3 is 5.97 Å². The average molecular weight is 358 g/mol. The van der Waals surface area contributed by atoms with E-state index in [4.69, 9.17) is 11.5 Å². The van der Waals surface area contributed by atoms with E-state index in [0.29, 0.717) is 0 Å². The van der Waals surface area contributed by atoms with Gasteiger partial charge in [-0.15, -0.1) is 6.42 Å². The van der Waals surface area contributed by atoms with Crippen LogP contribution in [-0.4, -0.2) is 30.1 Å². The molecule has 0 aliphatic carbocycles. The first-order valence-electron chi connectivity index (χ1n) is 5.01. The molecule has 0 radical (unpaired) electrons. The lowest BCUT2D eigenvalue weighted by atomic mass is 10.2. The quantitative estimate of drug-likeness (QED) is 0.419. The zero-order valence-electron chi connectivity index (χ0n) is 9.37. The summed E-state index contributed by atoms with van der Waals surface area (Å²) in [7, 11) is 0. The molecule has 0 unspecified atom stereocenters. The molecule has 1 rings (SSSR count). The van der Waals surface area contributed by atoms with Crippen LogP contribution < -0.4 is 10.6 Å². The molecule has 94 valence electrons. The van der Waals surface area contributed by atoms with Gasteiger partial charge in [0.1, 0.15) is 0 Å². The number of nitrogens with one attached hydrogen (secondary N) is 2. The van der Waals surface area contributed by atoms with Crippen molar-refractivity contribution in [2.24, 2.45) is 0 Å². The van der Waals surface area contributed by atoms with Gasteiger partial charge in [0.2, 0.25) is 5.91 Å². The van der Waals surface area contributed by atoms with E-state index in [0.717, 1.165) is 3.57 Å². The summed E-state index contributed by atoms with van der Waals surface area (Å²) in [4.78, 5) is 22.5. The Balaban J connectivity index is 2.75. The number of anilines is 1. The molecule has 0 bridgehead atoms. The molecular formula is C12H11IN2O3. The molecule has 0 saturated carbocycles. The Bertz CT molecular complexity index is 509. The highest BCUT2D eigenvalue weighted by atomic mass is 127. The molecular weight excluding hydrogens is 347 g/mol. The molecule has 1 aromatic rings. The summed E-state index contributed by atoms with van der Waals surface area (Å²) in [5, 5.41) is 14.3. The van der Waals surface area contributed by atoms with Gasteiger partial charge in [-0.3, -0.25) is 10.1 Å². The number of rotatable bonds is 5. The predicted octanol–water partition coefficient (Wildman–Crippen LogP) is 1.15. The number of aromatic carboxylic acids is 1. The van der Waals surface area contributed by atoms with Crippen molar-refractivity contribution in [3.05, 3.63) is 27.3 Å². The van der Waals surface area contributed by atoms with Gasteiger partial charge in [-0.2, -0.15) is 0 Å². The smallest absolute Gasteiger partial charge is 0.337 e. The number of carboxylic acids is 1. The van der Waals surface area contributed by atoms with Gasteiger partial charge in [0, 0.05) is 3.57 Å². The van der Waals surface area contributed by atoms with Crippen molar-refractivity contribution in [3.8, 4) is 12.3 Å². The molecule has 0 spiro atoms. The van der Waals surface area contributed by atoms with Crippen LogP contribution in [0.1, 0.15) is 10.4 Å². The van der Waals surface area contributed by atoms with E-state index >= 15 is 0 Å². The lowest BCUT2D eigenvalue weighted by Crippen LogP contribution is -2.28. The summed E-state index contributed by atoms with van der Waals surface area (Å²) < 4.78 is 0.786. The maximum atomic E-state index is 11.5. The third-order valence-electron chi connectivity index (χ3n) is 2.00. The van der Waals surface area contributed by atoms with Crippen LogP contribution in [0, 0.1) is 15.9 Å². The average Bonchev–Trinajstić information content (AvgIpc) is 2.31. The number of amides is 1. The maximum absolute atomic E-state index is 11.5. The third-order valence-corrected chi connectivity index (χ3v) is 2.67. The highest BCUT2D eigenvalue weighted by Gasteiger charge is 2.12. The maximum Gasteiger partial charge on any atom is 0.337 e. The molecule has 3 N–H and O–H groups in total. The van der Waals surface area contributed by atoms with E-state index < -0.39 is 5.97 Å². The van der Waals surface area contributed by atoms with E-state index in [2.05, 4.69) is 16.6 Å². The second-order valence-electron chi connectivity index (χ2n) is 3.35. The van der Waals surface area contributed by atoms with E-state index in [-0.39, 0.29) is 30.2 Å². The molecule has 1 amide bonds. The van der Waals surface area contributed by atoms with Gasteiger partial charge in [0.05, 0.1) is 24.3 Å². The second-order valence-corrected chi connectivity index (χ2v) is 4.60. The van der Waals surface area contributed by atoms with Gasteiger partial charge in [-0.25, -0.2) is 4.79 Å². The highest BCUT2D eigenvalue weighted by molar-refractivity contribution is 14.1. The zero-order chi connectivity index (χ0) is 13.5. The second kappa shape index (κ2) is 6.98. The topological polar surface area (TPSA) is 78.4 Å². The Labute approximate surface area is 118 Å². The molecule has 0 heterocycles. The predicted molar refractivity (Wildman–Crippen MR) is 76.5 cm³/mol. The number of hydrogen-bond donors (Lipinski definition) is 3. The van der Waals surface area contributed by atoms with Crippen molar-refractivity contribution < 1.29 is 14.7 Å². The molecule has 0 aromatic heterocycles. The fraction of sp³-hybridized carbons (Fsp3) is 0.167. The number of carbonyl (C=O) groups is 2. The summed E-state index contributed by atoms with van der Waals surface area (Å²) in [6, 6.07) is 4.77. The standard InChI is InChI=1S/C12H11IN2O3/c1-2-5-14-7-11(16)15-10-4-3-8(13)6-9(10)12(17)18/h1,3-4,6,14H,5,7H2,(H,15,16)(H,17,18). The van der Waals surface area contributed by atoms with Crippen molar-refractivity contribution in [1.82, 2.24) is 5.32 Å². The molecule has 0 saturated heterocycles. The van der Waals surface area contributed by atoms with Crippen LogP contribution in [0.3, 0.4) is 0 Å². The van der Waals surface area contributed by atoms with Crippen molar-refractivity contribution in [2.45, 2.75) is 0 Å². The number of hydrogen-bond acceptors (Lipinski definition) is 3.